The molecule has 0 saturated heterocycles. The van der Waals surface area contributed by atoms with E-state index in [9.17, 15) is 4.79 Å². The van der Waals surface area contributed by atoms with E-state index in [-0.39, 0.29) is 0 Å². The van der Waals surface area contributed by atoms with E-state index in [1.54, 1.807) is 11.3 Å². The SMILES string of the molecule is Cc1nc2c(s1)CN(C(=O)O)CC2. The molecule has 13 heavy (non-hydrogen) atoms. The van der Waals surface area contributed by atoms with Crippen LogP contribution < -0.4 is 0 Å². The molecule has 0 saturated carbocycles. The van der Waals surface area contributed by atoms with Crippen molar-refractivity contribution in [2.24, 2.45) is 0 Å². The van der Waals surface area contributed by atoms with Crippen molar-refractivity contribution in [1.82, 2.24) is 9.88 Å². The first kappa shape index (κ1) is 8.50. The normalized spacial score (nSPS) is 15.6. The molecule has 5 heteroatoms. The Bertz CT molecular complexity index is 348. The van der Waals surface area contributed by atoms with Gasteiger partial charge in [0.1, 0.15) is 0 Å². The van der Waals surface area contributed by atoms with Gasteiger partial charge in [0, 0.05) is 17.8 Å². The van der Waals surface area contributed by atoms with E-state index in [0.29, 0.717) is 13.1 Å². The summed E-state index contributed by atoms with van der Waals surface area (Å²) in [5, 5.41) is 9.81. The lowest BCUT2D eigenvalue weighted by Crippen LogP contribution is -2.34. The summed E-state index contributed by atoms with van der Waals surface area (Å²) in [6, 6.07) is 0. The molecular weight excluding hydrogens is 188 g/mol. The van der Waals surface area contributed by atoms with Crippen molar-refractivity contribution in [2.45, 2.75) is 19.9 Å². The number of nitrogens with zero attached hydrogens (tertiary/aromatic N) is 2. The number of hydrogen-bond donors (Lipinski definition) is 1. The van der Waals surface area contributed by atoms with Gasteiger partial charge in [0.25, 0.3) is 0 Å². The summed E-state index contributed by atoms with van der Waals surface area (Å²) in [6.45, 7) is 3.04. The number of carbonyl (C=O) groups is 1. The highest BCUT2D eigenvalue weighted by Gasteiger charge is 2.22. The van der Waals surface area contributed by atoms with Crippen molar-refractivity contribution in [2.75, 3.05) is 6.54 Å². The van der Waals surface area contributed by atoms with Crippen LogP contribution in [-0.4, -0.2) is 27.6 Å². The zero-order valence-electron chi connectivity index (χ0n) is 7.28. The van der Waals surface area contributed by atoms with Gasteiger partial charge in [0.2, 0.25) is 0 Å². The van der Waals surface area contributed by atoms with Gasteiger partial charge in [-0.1, -0.05) is 0 Å². The molecule has 0 atom stereocenters. The molecule has 4 nitrogen and oxygen atoms in total. The van der Waals surface area contributed by atoms with Crippen molar-refractivity contribution in [3.63, 3.8) is 0 Å². The van der Waals surface area contributed by atoms with E-state index in [2.05, 4.69) is 4.98 Å². The molecule has 0 fully saturated rings. The second kappa shape index (κ2) is 2.99. The Labute approximate surface area is 79.8 Å². The average molecular weight is 198 g/mol. The number of hydrogen-bond acceptors (Lipinski definition) is 3. The maximum atomic E-state index is 10.7. The van der Waals surface area contributed by atoms with Gasteiger partial charge in [0.05, 0.1) is 17.2 Å². The average Bonchev–Trinajstić information content (AvgIpc) is 2.42. The van der Waals surface area contributed by atoms with Crippen LogP contribution in [0.2, 0.25) is 0 Å². The molecule has 1 aliphatic heterocycles. The summed E-state index contributed by atoms with van der Waals surface area (Å²) in [4.78, 5) is 17.6. The topological polar surface area (TPSA) is 53.4 Å². The number of amides is 1. The first-order valence-corrected chi connectivity index (χ1v) is 4.91. The maximum Gasteiger partial charge on any atom is 0.407 e. The molecule has 1 N–H and O–H groups in total. The predicted molar refractivity (Wildman–Crippen MR) is 49.0 cm³/mol. The highest BCUT2D eigenvalue weighted by molar-refractivity contribution is 7.11. The molecule has 0 aliphatic carbocycles. The van der Waals surface area contributed by atoms with Crippen LogP contribution in [0, 0.1) is 6.92 Å². The Balaban J connectivity index is 2.24. The number of aryl methyl sites for hydroxylation is 1. The van der Waals surface area contributed by atoms with Gasteiger partial charge in [-0.15, -0.1) is 11.3 Å². The Morgan fingerprint density at radius 1 is 1.69 bits per heavy atom. The summed E-state index contributed by atoms with van der Waals surface area (Å²) in [5.74, 6) is 0. The second-order valence-electron chi connectivity index (χ2n) is 3.06. The fraction of sp³-hybridized carbons (Fsp3) is 0.500. The minimum absolute atomic E-state index is 0.510. The molecule has 0 radical (unpaired) electrons. The zero-order chi connectivity index (χ0) is 9.42. The largest absolute Gasteiger partial charge is 0.465 e. The van der Waals surface area contributed by atoms with E-state index < -0.39 is 6.09 Å². The molecule has 2 heterocycles. The van der Waals surface area contributed by atoms with Crippen LogP contribution in [-0.2, 0) is 13.0 Å². The Hall–Kier alpha value is -1.10. The van der Waals surface area contributed by atoms with Crippen LogP contribution in [0.5, 0.6) is 0 Å². The summed E-state index contributed by atoms with van der Waals surface area (Å²) < 4.78 is 0. The Morgan fingerprint density at radius 2 is 2.46 bits per heavy atom. The highest BCUT2D eigenvalue weighted by atomic mass is 32.1. The zero-order valence-corrected chi connectivity index (χ0v) is 8.10. The lowest BCUT2D eigenvalue weighted by Gasteiger charge is -2.22. The van der Waals surface area contributed by atoms with Crippen LogP contribution in [0.1, 0.15) is 15.6 Å². The smallest absolute Gasteiger partial charge is 0.407 e. The molecule has 0 spiro atoms. The third kappa shape index (κ3) is 1.51. The molecule has 0 bridgehead atoms. The van der Waals surface area contributed by atoms with Crippen LogP contribution in [0.25, 0.3) is 0 Å². The fourth-order valence-corrected chi connectivity index (χ4v) is 2.49. The summed E-state index contributed by atoms with van der Waals surface area (Å²) >= 11 is 1.60. The Morgan fingerprint density at radius 3 is 3.15 bits per heavy atom. The van der Waals surface area contributed by atoms with E-state index >= 15 is 0 Å². The quantitative estimate of drug-likeness (QED) is 0.687. The Kier molecular flexibility index (Phi) is 1.95. The maximum absolute atomic E-state index is 10.7. The number of carboxylic acid groups (broad SMARTS) is 1. The standard InChI is InChI=1S/C8H10N2O2S/c1-5-9-6-2-3-10(8(11)12)4-7(6)13-5/h2-4H2,1H3,(H,11,12). The molecule has 0 unspecified atom stereocenters. The van der Waals surface area contributed by atoms with Gasteiger partial charge >= 0.3 is 6.09 Å². The van der Waals surface area contributed by atoms with Gasteiger partial charge in [-0.05, 0) is 6.92 Å². The number of fused-ring (bicyclic) bond motifs is 1. The molecule has 1 aliphatic rings. The van der Waals surface area contributed by atoms with E-state index in [1.165, 1.54) is 4.90 Å². The van der Waals surface area contributed by atoms with Crippen LogP contribution >= 0.6 is 11.3 Å². The van der Waals surface area contributed by atoms with E-state index in [0.717, 1.165) is 22.0 Å². The number of aromatic nitrogens is 1. The van der Waals surface area contributed by atoms with Gasteiger partial charge < -0.3 is 10.0 Å². The number of rotatable bonds is 0. The third-order valence-electron chi connectivity index (χ3n) is 2.11. The predicted octanol–water partition coefficient (Wildman–Crippen LogP) is 1.49. The van der Waals surface area contributed by atoms with Crippen LogP contribution in [0.15, 0.2) is 0 Å². The van der Waals surface area contributed by atoms with Crippen molar-refractivity contribution in [1.29, 1.82) is 0 Å². The molecule has 1 aromatic heterocycles. The van der Waals surface area contributed by atoms with E-state index in [1.807, 2.05) is 6.92 Å². The molecule has 70 valence electrons. The third-order valence-corrected chi connectivity index (χ3v) is 3.11. The first-order valence-electron chi connectivity index (χ1n) is 4.10. The molecule has 1 amide bonds. The minimum Gasteiger partial charge on any atom is -0.465 e. The molecule has 2 rings (SSSR count). The van der Waals surface area contributed by atoms with Gasteiger partial charge in [0.15, 0.2) is 0 Å². The van der Waals surface area contributed by atoms with Crippen molar-refractivity contribution in [3.8, 4) is 0 Å². The highest BCUT2D eigenvalue weighted by Crippen LogP contribution is 2.24. The lowest BCUT2D eigenvalue weighted by molar-refractivity contribution is 0.140. The first-order chi connectivity index (χ1) is 6.16. The van der Waals surface area contributed by atoms with Gasteiger partial charge in [-0.25, -0.2) is 9.78 Å². The van der Waals surface area contributed by atoms with Gasteiger partial charge in [-0.3, -0.25) is 0 Å². The second-order valence-corrected chi connectivity index (χ2v) is 4.34. The summed E-state index contributed by atoms with van der Waals surface area (Å²) in [5.41, 5.74) is 1.08. The lowest BCUT2D eigenvalue weighted by atomic mass is 10.2. The fourth-order valence-electron chi connectivity index (χ4n) is 1.49. The van der Waals surface area contributed by atoms with Crippen LogP contribution in [0.3, 0.4) is 0 Å². The van der Waals surface area contributed by atoms with Crippen molar-refractivity contribution < 1.29 is 9.90 Å². The molecule has 1 aromatic rings. The summed E-state index contributed by atoms with van der Waals surface area (Å²) in [7, 11) is 0. The molecule has 0 aromatic carbocycles. The van der Waals surface area contributed by atoms with Crippen molar-refractivity contribution in [3.05, 3.63) is 15.6 Å². The van der Waals surface area contributed by atoms with Gasteiger partial charge in [-0.2, -0.15) is 0 Å². The monoisotopic (exact) mass is 198 g/mol. The van der Waals surface area contributed by atoms with Crippen LogP contribution in [0.4, 0.5) is 4.79 Å². The van der Waals surface area contributed by atoms with E-state index in [4.69, 9.17) is 5.11 Å². The summed E-state index contributed by atoms with van der Waals surface area (Å²) in [6.07, 6.45) is -0.0805. The molecular formula is C8H10N2O2S. The number of thiazole rings is 1. The minimum atomic E-state index is -0.836. The van der Waals surface area contributed by atoms with Crippen molar-refractivity contribution >= 4 is 17.4 Å².